The van der Waals surface area contributed by atoms with Gasteiger partial charge in [-0.15, -0.1) is 0 Å². The molecule has 1 fully saturated rings. The van der Waals surface area contributed by atoms with Crippen molar-refractivity contribution in [3.05, 3.63) is 71.5 Å². The van der Waals surface area contributed by atoms with E-state index in [4.69, 9.17) is 4.74 Å². The standard InChI is InChI=1S/C17H18FNO/c18-16-8-4-7-15(9-16)17(11-19-12-17)13-20-10-14-5-2-1-3-6-14/h1-9,19H,10-13H2. The van der Waals surface area contributed by atoms with Gasteiger partial charge >= 0.3 is 0 Å². The molecule has 0 unspecified atom stereocenters. The molecule has 3 rings (SSSR count). The monoisotopic (exact) mass is 271 g/mol. The van der Waals surface area contributed by atoms with Gasteiger partial charge in [0.15, 0.2) is 0 Å². The van der Waals surface area contributed by atoms with Gasteiger partial charge in [0, 0.05) is 18.5 Å². The molecule has 1 N–H and O–H groups in total. The normalized spacial score (nSPS) is 16.6. The number of rotatable bonds is 5. The third-order valence-electron chi connectivity index (χ3n) is 3.85. The first-order valence-electron chi connectivity index (χ1n) is 6.87. The van der Waals surface area contributed by atoms with E-state index in [2.05, 4.69) is 5.32 Å². The topological polar surface area (TPSA) is 21.3 Å². The summed E-state index contributed by atoms with van der Waals surface area (Å²) >= 11 is 0. The van der Waals surface area contributed by atoms with E-state index in [1.54, 1.807) is 12.1 Å². The first-order valence-corrected chi connectivity index (χ1v) is 6.87. The maximum Gasteiger partial charge on any atom is 0.123 e. The highest BCUT2D eigenvalue weighted by atomic mass is 19.1. The third kappa shape index (κ3) is 2.74. The molecule has 1 heterocycles. The van der Waals surface area contributed by atoms with E-state index in [1.165, 1.54) is 6.07 Å². The minimum atomic E-state index is -0.183. The van der Waals surface area contributed by atoms with Crippen molar-refractivity contribution in [1.29, 1.82) is 0 Å². The Morgan fingerprint density at radius 1 is 1.05 bits per heavy atom. The second-order valence-electron chi connectivity index (χ2n) is 5.37. The number of ether oxygens (including phenoxy) is 1. The van der Waals surface area contributed by atoms with E-state index in [0.717, 1.165) is 24.2 Å². The van der Waals surface area contributed by atoms with Crippen LogP contribution in [0.3, 0.4) is 0 Å². The molecule has 20 heavy (non-hydrogen) atoms. The van der Waals surface area contributed by atoms with Crippen molar-refractivity contribution in [3.8, 4) is 0 Å². The number of hydrogen-bond donors (Lipinski definition) is 1. The van der Waals surface area contributed by atoms with Crippen LogP contribution in [0.25, 0.3) is 0 Å². The summed E-state index contributed by atoms with van der Waals surface area (Å²) in [5, 5.41) is 3.27. The molecule has 1 saturated heterocycles. The van der Waals surface area contributed by atoms with E-state index < -0.39 is 0 Å². The summed E-state index contributed by atoms with van der Waals surface area (Å²) in [6.07, 6.45) is 0. The zero-order valence-corrected chi connectivity index (χ0v) is 11.3. The fourth-order valence-corrected chi connectivity index (χ4v) is 2.57. The Labute approximate surface area is 118 Å². The van der Waals surface area contributed by atoms with Gasteiger partial charge in [-0.25, -0.2) is 4.39 Å². The van der Waals surface area contributed by atoms with E-state index >= 15 is 0 Å². The van der Waals surface area contributed by atoms with Gasteiger partial charge in [0.05, 0.1) is 13.2 Å². The van der Waals surface area contributed by atoms with Gasteiger partial charge in [-0.3, -0.25) is 0 Å². The van der Waals surface area contributed by atoms with Gasteiger partial charge < -0.3 is 10.1 Å². The minimum Gasteiger partial charge on any atom is -0.376 e. The molecule has 0 saturated carbocycles. The Morgan fingerprint density at radius 3 is 2.50 bits per heavy atom. The van der Waals surface area contributed by atoms with Gasteiger partial charge in [0.25, 0.3) is 0 Å². The highest BCUT2D eigenvalue weighted by Crippen LogP contribution is 2.29. The van der Waals surface area contributed by atoms with Crippen LogP contribution in [0.1, 0.15) is 11.1 Å². The highest BCUT2D eigenvalue weighted by Gasteiger charge is 2.39. The molecule has 0 bridgehead atoms. The van der Waals surface area contributed by atoms with Crippen molar-refractivity contribution in [2.75, 3.05) is 19.7 Å². The minimum absolute atomic E-state index is 0.0864. The van der Waals surface area contributed by atoms with Crippen LogP contribution in [0, 0.1) is 5.82 Å². The lowest BCUT2D eigenvalue weighted by Crippen LogP contribution is -2.59. The Balaban J connectivity index is 1.65. The number of halogens is 1. The second-order valence-corrected chi connectivity index (χ2v) is 5.37. The second kappa shape index (κ2) is 5.73. The molecular weight excluding hydrogens is 253 g/mol. The summed E-state index contributed by atoms with van der Waals surface area (Å²) in [6.45, 7) is 2.88. The van der Waals surface area contributed by atoms with Crippen LogP contribution in [0.2, 0.25) is 0 Å². The van der Waals surface area contributed by atoms with Crippen LogP contribution < -0.4 is 5.32 Å². The molecule has 0 spiro atoms. The molecule has 2 aromatic carbocycles. The molecule has 1 aliphatic rings. The van der Waals surface area contributed by atoms with E-state index in [9.17, 15) is 4.39 Å². The van der Waals surface area contributed by atoms with Gasteiger partial charge in [0.2, 0.25) is 0 Å². The Kier molecular flexibility index (Phi) is 3.81. The SMILES string of the molecule is Fc1cccc(C2(COCc3ccccc3)CNC2)c1. The zero-order chi connectivity index (χ0) is 13.8. The average Bonchev–Trinajstić information content (AvgIpc) is 2.43. The summed E-state index contributed by atoms with van der Waals surface area (Å²) < 4.78 is 19.2. The summed E-state index contributed by atoms with van der Waals surface area (Å²) in [5.74, 6) is -0.183. The maximum absolute atomic E-state index is 13.4. The van der Waals surface area contributed by atoms with Crippen molar-refractivity contribution in [3.63, 3.8) is 0 Å². The van der Waals surface area contributed by atoms with Crippen molar-refractivity contribution < 1.29 is 9.13 Å². The van der Waals surface area contributed by atoms with Gasteiger partial charge in [-0.05, 0) is 23.3 Å². The van der Waals surface area contributed by atoms with Crippen LogP contribution in [0.5, 0.6) is 0 Å². The predicted octanol–water partition coefficient (Wildman–Crippen LogP) is 2.88. The molecule has 104 valence electrons. The van der Waals surface area contributed by atoms with Crippen LogP contribution in [-0.4, -0.2) is 19.7 Å². The molecule has 0 radical (unpaired) electrons. The van der Waals surface area contributed by atoms with Gasteiger partial charge in [-0.1, -0.05) is 42.5 Å². The first-order chi connectivity index (χ1) is 9.78. The molecule has 0 aromatic heterocycles. The predicted molar refractivity (Wildman–Crippen MR) is 77.0 cm³/mol. The molecule has 0 aliphatic carbocycles. The summed E-state index contributed by atoms with van der Waals surface area (Å²) in [4.78, 5) is 0. The van der Waals surface area contributed by atoms with Crippen LogP contribution >= 0.6 is 0 Å². The Morgan fingerprint density at radius 2 is 1.85 bits per heavy atom. The first kappa shape index (κ1) is 13.3. The third-order valence-corrected chi connectivity index (χ3v) is 3.85. The molecule has 2 aromatic rings. The van der Waals surface area contributed by atoms with Crippen molar-refractivity contribution >= 4 is 0 Å². The number of hydrogen-bond acceptors (Lipinski definition) is 2. The van der Waals surface area contributed by atoms with Crippen LogP contribution in [0.4, 0.5) is 4.39 Å². The lowest BCUT2D eigenvalue weighted by Gasteiger charge is -2.43. The van der Waals surface area contributed by atoms with Crippen LogP contribution in [0.15, 0.2) is 54.6 Å². The molecule has 0 atom stereocenters. The number of nitrogens with one attached hydrogen (secondary N) is 1. The highest BCUT2D eigenvalue weighted by molar-refractivity contribution is 5.30. The zero-order valence-electron chi connectivity index (χ0n) is 11.3. The lowest BCUT2D eigenvalue weighted by atomic mass is 9.76. The quantitative estimate of drug-likeness (QED) is 0.903. The van der Waals surface area contributed by atoms with Crippen LogP contribution in [-0.2, 0) is 16.8 Å². The average molecular weight is 271 g/mol. The van der Waals surface area contributed by atoms with E-state index in [0.29, 0.717) is 13.2 Å². The molecule has 1 aliphatic heterocycles. The van der Waals surface area contributed by atoms with E-state index in [-0.39, 0.29) is 11.2 Å². The molecule has 3 heteroatoms. The number of benzene rings is 2. The smallest absolute Gasteiger partial charge is 0.123 e. The van der Waals surface area contributed by atoms with Gasteiger partial charge in [0.1, 0.15) is 5.82 Å². The van der Waals surface area contributed by atoms with Crippen molar-refractivity contribution in [2.24, 2.45) is 0 Å². The maximum atomic E-state index is 13.4. The Hall–Kier alpha value is -1.71. The largest absolute Gasteiger partial charge is 0.376 e. The molecule has 0 amide bonds. The summed E-state index contributed by atoms with van der Waals surface area (Å²) in [6, 6.07) is 17.0. The fraction of sp³-hybridized carbons (Fsp3) is 0.294. The lowest BCUT2D eigenvalue weighted by molar-refractivity contribution is 0.0471. The van der Waals surface area contributed by atoms with Crippen molar-refractivity contribution in [1.82, 2.24) is 5.32 Å². The molecular formula is C17H18FNO. The molecule has 2 nitrogen and oxygen atoms in total. The van der Waals surface area contributed by atoms with Crippen molar-refractivity contribution in [2.45, 2.75) is 12.0 Å². The summed E-state index contributed by atoms with van der Waals surface area (Å²) in [7, 11) is 0. The van der Waals surface area contributed by atoms with Gasteiger partial charge in [-0.2, -0.15) is 0 Å². The fourth-order valence-electron chi connectivity index (χ4n) is 2.57. The van der Waals surface area contributed by atoms with E-state index in [1.807, 2.05) is 36.4 Å². The Bertz CT molecular complexity index is 566. The summed E-state index contributed by atoms with van der Waals surface area (Å²) in [5.41, 5.74) is 2.09.